The summed E-state index contributed by atoms with van der Waals surface area (Å²) in [5, 5.41) is 3.14. The Morgan fingerprint density at radius 2 is 2.00 bits per heavy atom. The van der Waals surface area contributed by atoms with Crippen LogP contribution in [-0.4, -0.2) is 23.1 Å². The molecule has 1 aromatic carbocycles. The smallest absolute Gasteiger partial charge is 0.420 e. The number of fused-ring (bicyclic) bond motifs is 1. The van der Waals surface area contributed by atoms with E-state index in [9.17, 15) is 14.4 Å². The van der Waals surface area contributed by atoms with Crippen molar-refractivity contribution in [3.05, 3.63) is 50.8 Å². The second-order valence-electron chi connectivity index (χ2n) is 5.68. The van der Waals surface area contributed by atoms with Crippen LogP contribution in [0.4, 0.5) is 5.00 Å². The molecule has 0 spiro atoms. The largest absolute Gasteiger partial charge is 0.462 e. The van der Waals surface area contributed by atoms with Gasteiger partial charge in [-0.3, -0.25) is 9.36 Å². The summed E-state index contributed by atoms with van der Waals surface area (Å²) in [6, 6.07) is 6.88. The average Bonchev–Trinajstić information content (AvgIpc) is 3.05. The quantitative estimate of drug-likeness (QED) is 0.693. The number of ether oxygens (including phenoxy) is 1. The Bertz CT molecular complexity index is 1040. The van der Waals surface area contributed by atoms with E-state index in [4.69, 9.17) is 9.15 Å². The molecule has 0 fully saturated rings. The molecule has 0 saturated carbocycles. The van der Waals surface area contributed by atoms with Crippen LogP contribution in [-0.2, 0) is 16.1 Å². The fourth-order valence-electron chi connectivity index (χ4n) is 2.64. The van der Waals surface area contributed by atoms with Gasteiger partial charge in [0.25, 0.3) is 0 Å². The lowest BCUT2D eigenvalue weighted by atomic mass is 10.1. The van der Waals surface area contributed by atoms with Gasteiger partial charge in [0, 0.05) is 4.88 Å². The molecule has 8 heteroatoms. The number of carbonyl (C=O) groups excluding carboxylic acids is 2. The van der Waals surface area contributed by atoms with E-state index in [-0.39, 0.29) is 13.2 Å². The van der Waals surface area contributed by atoms with Gasteiger partial charge in [0.2, 0.25) is 5.91 Å². The molecule has 3 aromatic rings. The van der Waals surface area contributed by atoms with Crippen LogP contribution in [0.2, 0.25) is 0 Å². The zero-order valence-corrected chi connectivity index (χ0v) is 15.4. The van der Waals surface area contributed by atoms with Crippen LogP contribution < -0.4 is 11.1 Å². The summed E-state index contributed by atoms with van der Waals surface area (Å²) < 4.78 is 11.4. The average molecular weight is 374 g/mol. The first-order chi connectivity index (χ1) is 12.4. The van der Waals surface area contributed by atoms with Crippen LogP contribution in [0, 0.1) is 13.8 Å². The van der Waals surface area contributed by atoms with Gasteiger partial charge in [0.05, 0.1) is 17.7 Å². The highest BCUT2D eigenvalue weighted by atomic mass is 32.1. The minimum absolute atomic E-state index is 0.214. The molecule has 2 heterocycles. The highest BCUT2D eigenvalue weighted by molar-refractivity contribution is 7.16. The van der Waals surface area contributed by atoms with E-state index in [1.54, 1.807) is 31.2 Å². The Balaban J connectivity index is 1.87. The summed E-state index contributed by atoms with van der Waals surface area (Å²) in [5.41, 5.74) is 2.08. The topological polar surface area (TPSA) is 90.5 Å². The molecule has 0 unspecified atom stereocenters. The van der Waals surface area contributed by atoms with Crippen molar-refractivity contribution in [2.24, 2.45) is 0 Å². The van der Waals surface area contributed by atoms with Gasteiger partial charge in [-0.1, -0.05) is 12.1 Å². The molecular weight excluding hydrogens is 356 g/mol. The van der Waals surface area contributed by atoms with Crippen LogP contribution >= 0.6 is 11.3 Å². The van der Waals surface area contributed by atoms with Crippen molar-refractivity contribution in [3.63, 3.8) is 0 Å². The molecular formula is C18H18N2O5S. The van der Waals surface area contributed by atoms with Gasteiger partial charge in [-0.05, 0) is 38.5 Å². The first-order valence-corrected chi connectivity index (χ1v) is 8.89. The van der Waals surface area contributed by atoms with Crippen molar-refractivity contribution in [1.29, 1.82) is 0 Å². The van der Waals surface area contributed by atoms with Crippen molar-refractivity contribution in [1.82, 2.24) is 4.57 Å². The van der Waals surface area contributed by atoms with E-state index in [1.165, 1.54) is 15.9 Å². The molecule has 0 aliphatic rings. The molecule has 0 radical (unpaired) electrons. The maximum absolute atomic E-state index is 12.5. The fourth-order valence-corrected chi connectivity index (χ4v) is 3.70. The van der Waals surface area contributed by atoms with Crippen LogP contribution in [0.5, 0.6) is 0 Å². The Hall–Kier alpha value is -2.87. The second-order valence-corrected chi connectivity index (χ2v) is 6.90. The first kappa shape index (κ1) is 17.9. The predicted octanol–water partition coefficient (Wildman–Crippen LogP) is 3.09. The second kappa shape index (κ2) is 7.17. The summed E-state index contributed by atoms with van der Waals surface area (Å²) in [6.45, 7) is 5.43. The third kappa shape index (κ3) is 3.28. The minimum Gasteiger partial charge on any atom is -0.462 e. The van der Waals surface area contributed by atoms with E-state index in [2.05, 4.69) is 5.32 Å². The van der Waals surface area contributed by atoms with Gasteiger partial charge in [-0.25, -0.2) is 9.59 Å². The third-order valence-corrected chi connectivity index (χ3v) is 5.12. The summed E-state index contributed by atoms with van der Waals surface area (Å²) >= 11 is 1.30. The van der Waals surface area contributed by atoms with Gasteiger partial charge in [0.1, 0.15) is 11.5 Å². The number of amides is 1. The maximum Gasteiger partial charge on any atom is 0.420 e. The number of aromatic nitrogens is 1. The molecule has 136 valence electrons. The number of para-hydroxylation sites is 2. The third-order valence-electron chi connectivity index (χ3n) is 3.99. The van der Waals surface area contributed by atoms with E-state index < -0.39 is 17.6 Å². The lowest BCUT2D eigenvalue weighted by Crippen LogP contribution is -2.25. The zero-order valence-electron chi connectivity index (χ0n) is 14.6. The number of nitrogens with one attached hydrogen (secondary N) is 1. The van der Waals surface area contributed by atoms with Gasteiger partial charge in [-0.15, -0.1) is 11.3 Å². The molecule has 26 heavy (non-hydrogen) atoms. The van der Waals surface area contributed by atoms with E-state index >= 15 is 0 Å². The summed E-state index contributed by atoms with van der Waals surface area (Å²) in [5.74, 6) is -1.51. The number of hydrogen-bond donors (Lipinski definition) is 1. The monoisotopic (exact) mass is 374 g/mol. The van der Waals surface area contributed by atoms with E-state index in [0.717, 1.165) is 10.4 Å². The van der Waals surface area contributed by atoms with Crippen LogP contribution in [0.25, 0.3) is 11.1 Å². The van der Waals surface area contributed by atoms with Gasteiger partial charge >= 0.3 is 11.7 Å². The molecule has 0 aliphatic heterocycles. The highest BCUT2D eigenvalue weighted by Crippen LogP contribution is 2.33. The van der Waals surface area contributed by atoms with Crippen molar-refractivity contribution in [2.45, 2.75) is 27.3 Å². The molecule has 1 amide bonds. The number of esters is 1. The number of aryl methyl sites for hydroxylation is 1. The molecule has 0 atom stereocenters. The Kier molecular flexibility index (Phi) is 4.94. The van der Waals surface area contributed by atoms with Crippen LogP contribution in [0.1, 0.15) is 27.7 Å². The normalized spacial score (nSPS) is 10.9. The standard InChI is InChI=1S/C18H18N2O5S/c1-4-24-17(22)15-10(2)11(3)26-16(15)19-14(21)9-20-12-7-5-6-8-13(12)25-18(20)23/h5-8H,4,9H2,1-3H3,(H,19,21). The van der Waals surface area contributed by atoms with Crippen molar-refractivity contribution in [3.8, 4) is 0 Å². The molecule has 0 aliphatic carbocycles. The van der Waals surface area contributed by atoms with Gasteiger partial charge in [-0.2, -0.15) is 0 Å². The Labute approximate surface area is 153 Å². The summed E-state index contributed by atoms with van der Waals surface area (Å²) in [7, 11) is 0. The first-order valence-electron chi connectivity index (χ1n) is 8.07. The molecule has 2 aromatic heterocycles. The van der Waals surface area contributed by atoms with E-state index in [0.29, 0.717) is 21.7 Å². The van der Waals surface area contributed by atoms with E-state index in [1.807, 2.05) is 13.8 Å². The molecule has 7 nitrogen and oxygen atoms in total. The fraction of sp³-hybridized carbons (Fsp3) is 0.278. The number of benzene rings is 1. The Morgan fingerprint density at radius 1 is 1.27 bits per heavy atom. The van der Waals surface area contributed by atoms with Crippen molar-refractivity contribution < 1.29 is 18.7 Å². The maximum atomic E-state index is 12.5. The van der Waals surface area contributed by atoms with Crippen molar-refractivity contribution >= 4 is 39.3 Å². The number of oxazole rings is 1. The number of carbonyl (C=O) groups is 2. The summed E-state index contributed by atoms with van der Waals surface area (Å²) in [6.07, 6.45) is 0. The van der Waals surface area contributed by atoms with Gasteiger partial charge in [0.15, 0.2) is 5.58 Å². The number of anilines is 1. The minimum atomic E-state index is -0.606. The predicted molar refractivity (Wildman–Crippen MR) is 98.9 cm³/mol. The lowest BCUT2D eigenvalue weighted by molar-refractivity contribution is -0.116. The SMILES string of the molecule is CCOC(=O)c1c(NC(=O)Cn2c(=O)oc3ccccc32)sc(C)c1C. The van der Waals surface area contributed by atoms with Crippen LogP contribution in [0.3, 0.4) is 0 Å². The number of thiophene rings is 1. The molecule has 3 rings (SSSR count). The van der Waals surface area contributed by atoms with Gasteiger partial charge < -0.3 is 14.5 Å². The number of hydrogen-bond acceptors (Lipinski definition) is 6. The van der Waals surface area contributed by atoms with Crippen molar-refractivity contribution in [2.75, 3.05) is 11.9 Å². The molecule has 1 N–H and O–H groups in total. The summed E-state index contributed by atoms with van der Waals surface area (Å²) in [4.78, 5) is 37.6. The van der Waals surface area contributed by atoms with Crippen LogP contribution in [0.15, 0.2) is 33.5 Å². The lowest BCUT2D eigenvalue weighted by Gasteiger charge is -2.07. The molecule has 0 bridgehead atoms. The molecule has 0 saturated heterocycles. The Morgan fingerprint density at radius 3 is 2.73 bits per heavy atom. The number of nitrogens with zero attached hydrogens (tertiary/aromatic N) is 1. The zero-order chi connectivity index (χ0) is 18.8. The number of rotatable bonds is 5. The highest BCUT2D eigenvalue weighted by Gasteiger charge is 2.22.